The molecule has 0 radical (unpaired) electrons. The Kier molecular flexibility index (Phi) is 4.41. The maximum Gasteiger partial charge on any atom is 0.169 e. The minimum Gasteiger partial charge on any atom is -0.390 e. The van der Waals surface area contributed by atoms with Gasteiger partial charge in [-0.05, 0) is 38.5 Å². The number of aromatic nitrogens is 1. The Balaban J connectivity index is 1.98. The zero-order chi connectivity index (χ0) is 19.2. The summed E-state index contributed by atoms with van der Waals surface area (Å²) in [6.07, 6.45) is 0.430. The molecule has 1 N–H and O–H groups in total. The highest BCUT2D eigenvalue weighted by molar-refractivity contribution is 6.30. The van der Waals surface area contributed by atoms with Gasteiger partial charge in [-0.3, -0.25) is 4.99 Å². The summed E-state index contributed by atoms with van der Waals surface area (Å²) >= 11 is 6.08. The van der Waals surface area contributed by atoms with Crippen molar-refractivity contribution in [3.05, 3.63) is 76.1 Å². The molecule has 0 bridgehead atoms. The molecule has 2 heterocycles. The van der Waals surface area contributed by atoms with Crippen molar-refractivity contribution in [3.8, 4) is 11.1 Å². The number of fused-ring (bicyclic) bond motifs is 3. The normalized spacial score (nSPS) is 16.3. The molecule has 0 amide bonds. The second-order valence-corrected chi connectivity index (χ2v) is 8.01. The van der Waals surface area contributed by atoms with Crippen LogP contribution in [0.2, 0.25) is 5.02 Å². The number of aliphatic hydroxyl groups is 1. The van der Waals surface area contributed by atoms with Crippen molar-refractivity contribution in [3.63, 3.8) is 0 Å². The van der Waals surface area contributed by atoms with Crippen LogP contribution in [0.4, 0.5) is 0 Å². The standard InChI is InChI=1S/C22H21ClN2O2/c1-13-19-16-6-4-5-7-17(16)20(14-8-10-15(23)11-9-14)24-18(12-22(2,3)26)21(19)27-25-13/h4-11,18,26H,12H2,1-3H3. The average Bonchev–Trinajstić information content (AvgIpc) is 2.94. The minimum atomic E-state index is -0.895. The first-order valence-electron chi connectivity index (χ1n) is 8.95. The van der Waals surface area contributed by atoms with Crippen molar-refractivity contribution in [2.45, 2.75) is 38.8 Å². The number of aryl methyl sites for hydroxylation is 1. The molecule has 2 aromatic carbocycles. The van der Waals surface area contributed by atoms with Gasteiger partial charge < -0.3 is 9.63 Å². The van der Waals surface area contributed by atoms with E-state index >= 15 is 0 Å². The van der Waals surface area contributed by atoms with E-state index in [1.165, 1.54) is 0 Å². The van der Waals surface area contributed by atoms with Crippen LogP contribution in [0.3, 0.4) is 0 Å². The Bertz CT molecular complexity index is 1010. The molecule has 4 nitrogen and oxygen atoms in total. The van der Waals surface area contributed by atoms with Crippen LogP contribution in [0.5, 0.6) is 0 Å². The van der Waals surface area contributed by atoms with Gasteiger partial charge in [0.05, 0.1) is 22.6 Å². The highest BCUT2D eigenvalue weighted by atomic mass is 35.5. The number of hydrogen-bond donors (Lipinski definition) is 1. The molecule has 4 rings (SSSR count). The highest BCUT2D eigenvalue weighted by Crippen LogP contribution is 2.42. The van der Waals surface area contributed by atoms with Gasteiger partial charge in [-0.15, -0.1) is 0 Å². The second kappa shape index (κ2) is 6.63. The molecule has 0 saturated carbocycles. The van der Waals surface area contributed by atoms with Crippen molar-refractivity contribution < 1.29 is 9.63 Å². The van der Waals surface area contributed by atoms with Gasteiger partial charge in [0.25, 0.3) is 0 Å². The van der Waals surface area contributed by atoms with Crippen molar-refractivity contribution in [1.82, 2.24) is 5.16 Å². The molecule has 3 aromatic rings. The molecular formula is C22H21ClN2O2. The number of halogens is 1. The summed E-state index contributed by atoms with van der Waals surface area (Å²) in [5.41, 5.74) is 4.79. The fourth-order valence-corrected chi connectivity index (χ4v) is 3.71. The third-order valence-corrected chi connectivity index (χ3v) is 4.99. The zero-order valence-electron chi connectivity index (χ0n) is 15.5. The predicted octanol–water partition coefficient (Wildman–Crippen LogP) is 5.36. The third kappa shape index (κ3) is 3.43. The van der Waals surface area contributed by atoms with Gasteiger partial charge in [0.1, 0.15) is 6.04 Å². The zero-order valence-corrected chi connectivity index (χ0v) is 16.3. The molecule has 1 aliphatic rings. The van der Waals surface area contributed by atoms with Gasteiger partial charge in [-0.25, -0.2) is 0 Å². The molecule has 0 fully saturated rings. The molecule has 0 saturated heterocycles. The van der Waals surface area contributed by atoms with Gasteiger partial charge in [0.15, 0.2) is 5.76 Å². The van der Waals surface area contributed by atoms with Crippen molar-refractivity contribution in [2.24, 2.45) is 4.99 Å². The number of nitrogens with zero attached hydrogens (tertiary/aromatic N) is 2. The molecule has 1 aromatic heterocycles. The fraction of sp³-hybridized carbons (Fsp3) is 0.273. The molecule has 0 aliphatic carbocycles. The maximum atomic E-state index is 10.5. The summed E-state index contributed by atoms with van der Waals surface area (Å²) in [7, 11) is 0. The summed E-state index contributed by atoms with van der Waals surface area (Å²) in [5.74, 6) is 0.700. The third-order valence-electron chi connectivity index (χ3n) is 4.74. The largest absolute Gasteiger partial charge is 0.390 e. The first kappa shape index (κ1) is 18.0. The molecular weight excluding hydrogens is 360 g/mol. The van der Waals surface area contributed by atoms with Crippen LogP contribution in [0.15, 0.2) is 58.0 Å². The Morgan fingerprint density at radius 3 is 2.41 bits per heavy atom. The van der Waals surface area contributed by atoms with Gasteiger partial charge in [0.2, 0.25) is 0 Å². The van der Waals surface area contributed by atoms with Crippen molar-refractivity contribution in [1.29, 1.82) is 0 Å². The average molecular weight is 381 g/mol. The van der Waals surface area contributed by atoms with Crippen molar-refractivity contribution in [2.75, 3.05) is 0 Å². The van der Waals surface area contributed by atoms with Crippen LogP contribution in [0.25, 0.3) is 11.1 Å². The van der Waals surface area contributed by atoms with Crippen LogP contribution in [0.1, 0.15) is 48.9 Å². The van der Waals surface area contributed by atoms with Gasteiger partial charge in [-0.1, -0.05) is 53.2 Å². The summed E-state index contributed by atoms with van der Waals surface area (Å²) in [6.45, 7) is 5.50. The van der Waals surface area contributed by atoms with Gasteiger partial charge >= 0.3 is 0 Å². The van der Waals surface area contributed by atoms with Gasteiger partial charge in [-0.2, -0.15) is 0 Å². The van der Waals surface area contributed by atoms with E-state index in [1.54, 1.807) is 13.8 Å². The Hall–Kier alpha value is -2.43. The topological polar surface area (TPSA) is 58.6 Å². The Morgan fingerprint density at radius 1 is 1.07 bits per heavy atom. The number of aliphatic imine (C=N–C) groups is 1. The van der Waals surface area contributed by atoms with Gasteiger partial charge in [0, 0.05) is 22.6 Å². The van der Waals surface area contributed by atoms with Crippen LogP contribution in [-0.4, -0.2) is 21.6 Å². The molecule has 5 heteroatoms. The molecule has 1 atom stereocenters. The summed E-state index contributed by atoms with van der Waals surface area (Å²) in [5, 5.41) is 15.3. The van der Waals surface area contributed by atoms with E-state index in [2.05, 4.69) is 17.3 Å². The van der Waals surface area contributed by atoms with E-state index in [0.717, 1.165) is 33.7 Å². The first-order valence-corrected chi connectivity index (χ1v) is 9.33. The lowest BCUT2D eigenvalue weighted by atomic mass is 9.92. The fourth-order valence-electron chi connectivity index (χ4n) is 3.58. The van der Waals surface area contributed by atoms with Crippen LogP contribution in [0, 0.1) is 6.92 Å². The van der Waals surface area contributed by atoms with E-state index in [-0.39, 0.29) is 6.04 Å². The lowest BCUT2D eigenvalue weighted by molar-refractivity contribution is 0.0608. The maximum absolute atomic E-state index is 10.5. The summed E-state index contributed by atoms with van der Waals surface area (Å²) in [6, 6.07) is 15.5. The molecule has 27 heavy (non-hydrogen) atoms. The minimum absolute atomic E-state index is 0.334. The van der Waals surface area contributed by atoms with Crippen LogP contribution < -0.4 is 0 Å². The molecule has 1 unspecified atom stereocenters. The summed E-state index contributed by atoms with van der Waals surface area (Å²) < 4.78 is 5.70. The van der Waals surface area contributed by atoms with E-state index in [0.29, 0.717) is 17.2 Å². The molecule has 0 spiro atoms. The van der Waals surface area contributed by atoms with E-state index in [4.69, 9.17) is 21.1 Å². The smallest absolute Gasteiger partial charge is 0.169 e. The summed E-state index contributed by atoms with van der Waals surface area (Å²) in [4.78, 5) is 5.04. The Labute approximate surface area is 163 Å². The molecule has 138 valence electrons. The first-order chi connectivity index (χ1) is 12.8. The lowest BCUT2D eigenvalue weighted by Gasteiger charge is -2.21. The monoisotopic (exact) mass is 380 g/mol. The highest BCUT2D eigenvalue weighted by Gasteiger charge is 2.33. The van der Waals surface area contributed by atoms with Crippen LogP contribution >= 0.6 is 11.6 Å². The SMILES string of the molecule is Cc1noc2c1-c1ccccc1C(c1ccc(Cl)cc1)=NC2CC(C)(C)O. The number of hydrogen-bond acceptors (Lipinski definition) is 4. The quantitative estimate of drug-likeness (QED) is 0.665. The van der Waals surface area contributed by atoms with Crippen molar-refractivity contribution >= 4 is 17.3 Å². The van der Waals surface area contributed by atoms with E-state index in [1.807, 2.05) is 43.3 Å². The Morgan fingerprint density at radius 2 is 1.74 bits per heavy atom. The number of benzene rings is 2. The number of rotatable bonds is 3. The van der Waals surface area contributed by atoms with Crippen LogP contribution in [-0.2, 0) is 0 Å². The molecule has 1 aliphatic heterocycles. The predicted molar refractivity (Wildman–Crippen MR) is 107 cm³/mol. The van der Waals surface area contributed by atoms with E-state index < -0.39 is 5.60 Å². The second-order valence-electron chi connectivity index (χ2n) is 7.57. The lowest BCUT2D eigenvalue weighted by Crippen LogP contribution is -2.22. The van der Waals surface area contributed by atoms with E-state index in [9.17, 15) is 5.11 Å².